The number of nitrogens with one attached hydrogen (secondary N) is 1. The minimum absolute atomic E-state index is 0.0716. The fourth-order valence-corrected chi connectivity index (χ4v) is 3.64. The lowest BCUT2D eigenvalue weighted by molar-refractivity contribution is -0.116. The van der Waals surface area contributed by atoms with Crippen LogP contribution in [0.1, 0.15) is 23.6 Å². The Hall–Kier alpha value is -3.32. The van der Waals surface area contributed by atoms with Crippen LogP contribution in [-0.2, 0) is 16.0 Å². The maximum absolute atomic E-state index is 13.7. The van der Waals surface area contributed by atoms with E-state index in [1.807, 2.05) is 19.9 Å². The highest BCUT2D eigenvalue weighted by Gasteiger charge is 2.18. The Labute approximate surface area is 183 Å². The van der Waals surface area contributed by atoms with Gasteiger partial charge in [0.25, 0.3) is 0 Å². The summed E-state index contributed by atoms with van der Waals surface area (Å²) >= 11 is 6.28. The SMILES string of the molecule is CC(=O)N(c1ccc(F)c(F)c1)c1cc(NC(=O)Cc2c(C)cc(C)cc2Cl)ccn1. The highest BCUT2D eigenvalue weighted by Crippen LogP contribution is 2.28. The first-order chi connectivity index (χ1) is 14.7. The van der Waals surface area contributed by atoms with Gasteiger partial charge in [-0.1, -0.05) is 17.7 Å². The molecule has 0 spiro atoms. The zero-order valence-electron chi connectivity index (χ0n) is 17.2. The third-order valence-corrected chi connectivity index (χ3v) is 4.97. The molecule has 160 valence electrons. The highest BCUT2D eigenvalue weighted by molar-refractivity contribution is 6.31. The van der Waals surface area contributed by atoms with Crippen molar-refractivity contribution in [1.29, 1.82) is 0 Å². The van der Waals surface area contributed by atoms with Crippen LogP contribution in [0.15, 0.2) is 48.7 Å². The molecular weight excluding hydrogens is 424 g/mol. The fourth-order valence-electron chi connectivity index (χ4n) is 3.25. The number of halogens is 3. The third kappa shape index (κ3) is 5.24. The molecule has 0 aliphatic carbocycles. The van der Waals surface area contributed by atoms with Crippen LogP contribution in [0.4, 0.5) is 26.0 Å². The number of anilines is 3. The number of carbonyl (C=O) groups excluding carboxylic acids is 2. The van der Waals surface area contributed by atoms with E-state index in [0.717, 1.165) is 33.7 Å². The predicted molar refractivity (Wildman–Crippen MR) is 117 cm³/mol. The number of nitrogens with zero attached hydrogens (tertiary/aromatic N) is 2. The molecule has 1 aromatic heterocycles. The molecule has 5 nitrogen and oxygen atoms in total. The predicted octanol–water partition coefficient (Wildman–Crippen LogP) is 5.50. The zero-order chi connectivity index (χ0) is 22.7. The van der Waals surface area contributed by atoms with Gasteiger partial charge in [0.15, 0.2) is 11.6 Å². The van der Waals surface area contributed by atoms with Crippen LogP contribution in [0.2, 0.25) is 5.02 Å². The van der Waals surface area contributed by atoms with Crippen molar-refractivity contribution in [3.8, 4) is 0 Å². The van der Waals surface area contributed by atoms with Crippen LogP contribution in [0.3, 0.4) is 0 Å². The lowest BCUT2D eigenvalue weighted by Gasteiger charge is -2.21. The molecule has 0 aliphatic heterocycles. The lowest BCUT2D eigenvalue weighted by Crippen LogP contribution is -2.24. The number of hydrogen-bond acceptors (Lipinski definition) is 3. The summed E-state index contributed by atoms with van der Waals surface area (Å²) in [7, 11) is 0. The summed E-state index contributed by atoms with van der Waals surface area (Å²) in [6.07, 6.45) is 1.48. The van der Waals surface area contributed by atoms with Gasteiger partial charge in [-0.25, -0.2) is 13.8 Å². The molecule has 0 aliphatic rings. The molecule has 0 unspecified atom stereocenters. The minimum atomic E-state index is -1.08. The molecule has 0 radical (unpaired) electrons. The topological polar surface area (TPSA) is 62.3 Å². The van der Waals surface area contributed by atoms with E-state index in [1.165, 1.54) is 25.3 Å². The molecule has 3 aromatic rings. The van der Waals surface area contributed by atoms with Crippen molar-refractivity contribution in [1.82, 2.24) is 4.98 Å². The maximum Gasteiger partial charge on any atom is 0.229 e. The largest absolute Gasteiger partial charge is 0.326 e. The van der Waals surface area contributed by atoms with Crippen molar-refractivity contribution in [2.24, 2.45) is 0 Å². The number of aryl methyl sites for hydroxylation is 2. The Morgan fingerprint density at radius 3 is 2.45 bits per heavy atom. The van der Waals surface area contributed by atoms with Crippen LogP contribution in [0.5, 0.6) is 0 Å². The normalized spacial score (nSPS) is 10.6. The van der Waals surface area contributed by atoms with Gasteiger partial charge in [0.05, 0.1) is 12.1 Å². The van der Waals surface area contributed by atoms with Gasteiger partial charge in [0, 0.05) is 36.0 Å². The molecule has 0 bridgehead atoms. The summed E-state index contributed by atoms with van der Waals surface area (Å²) < 4.78 is 26.9. The van der Waals surface area contributed by atoms with Crippen molar-refractivity contribution in [2.45, 2.75) is 27.2 Å². The van der Waals surface area contributed by atoms with E-state index in [0.29, 0.717) is 10.7 Å². The Kier molecular flexibility index (Phi) is 6.65. The molecule has 2 aromatic carbocycles. The molecule has 0 atom stereocenters. The van der Waals surface area contributed by atoms with Crippen molar-refractivity contribution in [2.75, 3.05) is 10.2 Å². The molecule has 0 saturated carbocycles. The van der Waals surface area contributed by atoms with E-state index in [1.54, 1.807) is 12.1 Å². The number of pyridine rings is 1. The molecule has 2 amide bonds. The number of aromatic nitrogens is 1. The quantitative estimate of drug-likeness (QED) is 0.566. The molecular formula is C23H20ClF2N3O2. The molecule has 1 N–H and O–H groups in total. The van der Waals surface area contributed by atoms with Crippen LogP contribution >= 0.6 is 11.6 Å². The molecule has 3 rings (SSSR count). The molecule has 0 fully saturated rings. The second kappa shape index (κ2) is 9.22. The number of amides is 2. The molecule has 31 heavy (non-hydrogen) atoms. The Balaban J connectivity index is 1.84. The Bertz CT molecular complexity index is 1140. The van der Waals surface area contributed by atoms with Crippen molar-refractivity contribution >= 4 is 40.6 Å². The number of rotatable bonds is 5. The summed E-state index contributed by atoms with van der Waals surface area (Å²) in [4.78, 5) is 30.0. The van der Waals surface area contributed by atoms with E-state index in [-0.39, 0.29) is 23.8 Å². The van der Waals surface area contributed by atoms with Gasteiger partial charge in [0.2, 0.25) is 11.8 Å². The average Bonchev–Trinajstić information content (AvgIpc) is 2.67. The Morgan fingerprint density at radius 2 is 1.81 bits per heavy atom. The van der Waals surface area contributed by atoms with E-state index in [4.69, 9.17) is 11.6 Å². The van der Waals surface area contributed by atoms with Crippen LogP contribution < -0.4 is 10.2 Å². The van der Waals surface area contributed by atoms with E-state index >= 15 is 0 Å². The molecule has 1 heterocycles. The van der Waals surface area contributed by atoms with Gasteiger partial charge in [0.1, 0.15) is 5.82 Å². The van der Waals surface area contributed by atoms with Crippen molar-refractivity contribution in [3.63, 3.8) is 0 Å². The van der Waals surface area contributed by atoms with Crippen molar-refractivity contribution < 1.29 is 18.4 Å². The summed E-state index contributed by atoms with van der Waals surface area (Å²) in [6, 6.07) is 9.90. The van der Waals surface area contributed by atoms with Crippen LogP contribution in [0, 0.1) is 25.5 Å². The van der Waals surface area contributed by atoms with Gasteiger partial charge >= 0.3 is 0 Å². The smallest absolute Gasteiger partial charge is 0.229 e. The van der Waals surface area contributed by atoms with Gasteiger partial charge < -0.3 is 5.32 Å². The molecule has 0 saturated heterocycles. The standard InChI is InChI=1S/C23H20ClF2N3O2/c1-13-8-14(2)18(19(24)9-13)12-23(31)28-16-6-7-27-22(10-16)29(15(3)30)17-4-5-20(25)21(26)11-17/h4-11H,12H2,1-3H3,(H,27,28,31). The lowest BCUT2D eigenvalue weighted by atomic mass is 10.0. The van der Waals surface area contributed by atoms with Gasteiger partial charge in [-0.3, -0.25) is 14.5 Å². The zero-order valence-corrected chi connectivity index (χ0v) is 17.9. The van der Waals surface area contributed by atoms with Gasteiger partial charge in [-0.15, -0.1) is 0 Å². The third-order valence-electron chi connectivity index (χ3n) is 4.63. The number of carbonyl (C=O) groups is 2. The van der Waals surface area contributed by atoms with Crippen molar-refractivity contribution in [3.05, 3.63) is 82.0 Å². The first-order valence-corrected chi connectivity index (χ1v) is 9.80. The first kappa shape index (κ1) is 22.4. The monoisotopic (exact) mass is 443 g/mol. The fraction of sp³-hybridized carbons (Fsp3) is 0.174. The summed E-state index contributed by atoms with van der Waals surface area (Å²) in [5.74, 6) is -2.71. The van der Waals surface area contributed by atoms with Gasteiger partial charge in [-0.2, -0.15) is 0 Å². The Morgan fingerprint density at radius 1 is 1.06 bits per heavy atom. The second-order valence-electron chi connectivity index (χ2n) is 7.12. The summed E-state index contributed by atoms with van der Waals surface area (Å²) in [6.45, 7) is 5.09. The van der Waals surface area contributed by atoms with Crippen LogP contribution in [-0.4, -0.2) is 16.8 Å². The second-order valence-corrected chi connectivity index (χ2v) is 7.53. The minimum Gasteiger partial charge on any atom is -0.326 e. The first-order valence-electron chi connectivity index (χ1n) is 9.43. The number of benzene rings is 2. The van der Waals surface area contributed by atoms with E-state index in [9.17, 15) is 18.4 Å². The van der Waals surface area contributed by atoms with E-state index in [2.05, 4.69) is 10.3 Å². The average molecular weight is 444 g/mol. The maximum atomic E-state index is 13.7. The highest BCUT2D eigenvalue weighted by atomic mass is 35.5. The number of hydrogen-bond donors (Lipinski definition) is 1. The summed E-state index contributed by atoms with van der Waals surface area (Å²) in [5, 5.41) is 3.27. The van der Waals surface area contributed by atoms with Crippen LogP contribution in [0.25, 0.3) is 0 Å². The summed E-state index contributed by atoms with van der Waals surface area (Å²) in [5.41, 5.74) is 3.16. The van der Waals surface area contributed by atoms with E-state index < -0.39 is 17.5 Å². The van der Waals surface area contributed by atoms with Gasteiger partial charge in [-0.05, 0) is 54.8 Å². The molecule has 8 heteroatoms.